The number of nitrogens with one attached hydrogen (secondary N) is 1. The molecule has 0 spiro atoms. The van der Waals surface area contributed by atoms with Crippen LogP contribution in [0.25, 0.3) is 11.2 Å². The van der Waals surface area contributed by atoms with Gasteiger partial charge in [-0.25, -0.2) is 0 Å². The number of ether oxygens (including phenoxy) is 4. The van der Waals surface area contributed by atoms with E-state index in [0.29, 0.717) is 22.8 Å². The lowest BCUT2D eigenvalue weighted by molar-refractivity contribution is 0.00706. The van der Waals surface area contributed by atoms with E-state index in [0.717, 1.165) is 24.0 Å². The molecule has 4 heterocycles. The van der Waals surface area contributed by atoms with Crippen molar-refractivity contribution in [1.29, 1.82) is 0 Å². The molecule has 0 bridgehead atoms. The van der Waals surface area contributed by atoms with E-state index < -0.39 is 6.10 Å². The first-order valence-corrected chi connectivity index (χ1v) is 10.6. The SMILES string of the molecule is Oc1cccc2c1CCC2Oc1nc2nc(O[C@@H]3COC4C3OC[C@H]4O)[nH]c2cc1Cl. The lowest BCUT2D eigenvalue weighted by Gasteiger charge is -2.15. The van der Waals surface area contributed by atoms with Gasteiger partial charge in [-0.15, -0.1) is 0 Å². The minimum Gasteiger partial charge on any atom is -0.508 e. The number of aliphatic hydroxyl groups excluding tert-OH is 1. The lowest BCUT2D eigenvalue weighted by Crippen LogP contribution is -2.34. The molecule has 3 unspecified atom stereocenters. The van der Waals surface area contributed by atoms with Crippen LogP contribution in [0.1, 0.15) is 23.7 Å². The van der Waals surface area contributed by atoms with Crippen molar-refractivity contribution < 1.29 is 29.2 Å². The molecule has 1 aliphatic carbocycles. The Morgan fingerprint density at radius 1 is 1.13 bits per heavy atom. The number of aliphatic hydroxyl groups is 1. The van der Waals surface area contributed by atoms with Gasteiger partial charge in [0.2, 0.25) is 5.88 Å². The van der Waals surface area contributed by atoms with E-state index >= 15 is 0 Å². The van der Waals surface area contributed by atoms with Gasteiger partial charge in [0.05, 0.1) is 18.7 Å². The van der Waals surface area contributed by atoms with E-state index in [1.54, 1.807) is 18.2 Å². The third kappa shape index (κ3) is 3.20. The van der Waals surface area contributed by atoms with Crippen LogP contribution in [0, 0.1) is 0 Å². The van der Waals surface area contributed by atoms with Gasteiger partial charge in [0.1, 0.15) is 35.2 Å². The Kier molecular flexibility index (Phi) is 4.46. The Morgan fingerprint density at radius 2 is 2.00 bits per heavy atom. The highest BCUT2D eigenvalue weighted by molar-refractivity contribution is 6.32. The molecule has 5 atom stereocenters. The Bertz CT molecular complexity index is 1150. The molecular weight excluding hydrogens is 426 g/mol. The summed E-state index contributed by atoms with van der Waals surface area (Å²) >= 11 is 6.42. The normalized spacial score (nSPS) is 29.3. The van der Waals surface area contributed by atoms with E-state index in [2.05, 4.69) is 15.0 Å². The topological polar surface area (TPSA) is 119 Å². The highest BCUT2D eigenvalue weighted by Gasteiger charge is 2.48. The van der Waals surface area contributed by atoms with Gasteiger partial charge in [-0.05, 0) is 30.5 Å². The number of benzene rings is 1. The van der Waals surface area contributed by atoms with Crippen molar-refractivity contribution in [2.24, 2.45) is 0 Å². The first-order chi connectivity index (χ1) is 15.1. The first-order valence-electron chi connectivity index (χ1n) is 10.2. The number of phenolic OH excluding ortho intramolecular Hbond substituents is 1. The number of fused-ring (bicyclic) bond motifs is 3. The number of pyridine rings is 1. The minimum atomic E-state index is -0.642. The van der Waals surface area contributed by atoms with Crippen LogP contribution >= 0.6 is 11.6 Å². The van der Waals surface area contributed by atoms with Crippen LogP contribution in [0.15, 0.2) is 24.3 Å². The average molecular weight is 446 g/mol. The molecule has 9 nitrogen and oxygen atoms in total. The summed E-state index contributed by atoms with van der Waals surface area (Å²) in [6, 6.07) is 7.39. The molecule has 2 aromatic heterocycles. The summed E-state index contributed by atoms with van der Waals surface area (Å²) in [7, 11) is 0. The van der Waals surface area contributed by atoms with Crippen molar-refractivity contribution in [1.82, 2.24) is 15.0 Å². The van der Waals surface area contributed by atoms with Gasteiger partial charge in [-0.1, -0.05) is 23.7 Å². The van der Waals surface area contributed by atoms with Crippen molar-refractivity contribution in [3.8, 4) is 17.6 Å². The molecule has 6 rings (SSSR count). The van der Waals surface area contributed by atoms with Crippen LogP contribution in [0.3, 0.4) is 0 Å². The van der Waals surface area contributed by atoms with Crippen molar-refractivity contribution in [3.63, 3.8) is 0 Å². The highest BCUT2D eigenvalue weighted by Crippen LogP contribution is 2.40. The maximum Gasteiger partial charge on any atom is 0.296 e. The summed E-state index contributed by atoms with van der Waals surface area (Å²) in [5, 5.41) is 20.3. The molecule has 3 aromatic rings. The largest absolute Gasteiger partial charge is 0.508 e. The smallest absolute Gasteiger partial charge is 0.296 e. The van der Waals surface area contributed by atoms with Crippen LogP contribution in [0.5, 0.6) is 17.6 Å². The van der Waals surface area contributed by atoms with Crippen LogP contribution in [0.4, 0.5) is 0 Å². The molecule has 0 radical (unpaired) electrons. The summed E-state index contributed by atoms with van der Waals surface area (Å²) in [6.07, 6.45) is -0.511. The van der Waals surface area contributed by atoms with E-state index in [-0.39, 0.29) is 48.7 Å². The molecule has 10 heteroatoms. The molecule has 2 saturated heterocycles. The van der Waals surface area contributed by atoms with Gasteiger partial charge in [0.25, 0.3) is 6.01 Å². The van der Waals surface area contributed by atoms with Crippen LogP contribution in [0.2, 0.25) is 5.02 Å². The second kappa shape index (κ2) is 7.23. The number of halogens is 1. The minimum absolute atomic E-state index is 0.231. The van der Waals surface area contributed by atoms with E-state index in [9.17, 15) is 10.2 Å². The summed E-state index contributed by atoms with van der Waals surface area (Å²) < 4.78 is 23.2. The van der Waals surface area contributed by atoms with Gasteiger partial charge in [0, 0.05) is 5.56 Å². The zero-order valence-electron chi connectivity index (χ0n) is 16.3. The summed E-state index contributed by atoms with van der Waals surface area (Å²) in [6.45, 7) is 0.537. The number of rotatable bonds is 4. The predicted octanol–water partition coefficient (Wildman–Crippen LogP) is 2.29. The van der Waals surface area contributed by atoms with E-state index in [1.165, 1.54) is 0 Å². The van der Waals surface area contributed by atoms with Crippen molar-refractivity contribution >= 4 is 22.8 Å². The predicted molar refractivity (Wildman–Crippen MR) is 109 cm³/mol. The van der Waals surface area contributed by atoms with Crippen molar-refractivity contribution in [2.75, 3.05) is 13.2 Å². The Morgan fingerprint density at radius 3 is 2.90 bits per heavy atom. The second-order valence-corrected chi connectivity index (χ2v) is 8.41. The monoisotopic (exact) mass is 445 g/mol. The fourth-order valence-corrected chi connectivity index (χ4v) is 4.76. The van der Waals surface area contributed by atoms with E-state index in [4.69, 9.17) is 30.5 Å². The van der Waals surface area contributed by atoms with Crippen molar-refractivity contribution in [2.45, 2.75) is 43.4 Å². The summed E-state index contributed by atoms with van der Waals surface area (Å²) in [5.74, 6) is 0.559. The zero-order chi connectivity index (χ0) is 21.1. The molecule has 3 aliphatic rings. The number of nitrogens with zero attached hydrogens (tertiary/aromatic N) is 2. The number of aromatic nitrogens is 3. The number of phenols is 1. The number of aromatic hydroxyl groups is 1. The summed E-state index contributed by atoms with van der Waals surface area (Å²) in [4.78, 5) is 11.9. The van der Waals surface area contributed by atoms with Gasteiger partial charge >= 0.3 is 0 Å². The molecule has 31 heavy (non-hydrogen) atoms. The number of H-pyrrole nitrogens is 1. The molecule has 1 aromatic carbocycles. The van der Waals surface area contributed by atoms with Gasteiger partial charge in [0.15, 0.2) is 11.8 Å². The average Bonchev–Trinajstić information content (AvgIpc) is 3.50. The molecule has 3 N–H and O–H groups in total. The highest BCUT2D eigenvalue weighted by atomic mass is 35.5. The molecular formula is C21H20ClN3O6. The molecule has 0 amide bonds. The molecule has 0 saturated carbocycles. The van der Waals surface area contributed by atoms with Crippen LogP contribution in [-0.2, 0) is 15.9 Å². The second-order valence-electron chi connectivity index (χ2n) is 8.00. The number of aromatic amines is 1. The van der Waals surface area contributed by atoms with Crippen LogP contribution < -0.4 is 9.47 Å². The number of hydrogen-bond donors (Lipinski definition) is 3. The van der Waals surface area contributed by atoms with Crippen LogP contribution in [-0.4, -0.2) is 62.8 Å². The standard InChI is InChI=1S/C21H20ClN3O6/c22-11-6-12-19(24-20(11)30-15-5-4-9-10(15)2-1-3-13(9)26)25-21(23-12)31-16-8-29-17-14(27)7-28-18(16)17/h1-3,6,14-18,26-27H,4-5,7-8H2,(H,23,24,25)/t14-,15?,16-,17?,18?/m1/s1. The fraction of sp³-hybridized carbons (Fsp3) is 0.429. The maximum atomic E-state index is 10.0. The van der Waals surface area contributed by atoms with Gasteiger partial charge < -0.3 is 34.1 Å². The number of hydrogen-bond acceptors (Lipinski definition) is 8. The van der Waals surface area contributed by atoms with Crippen molar-refractivity contribution in [3.05, 3.63) is 40.4 Å². The summed E-state index contributed by atoms with van der Waals surface area (Å²) in [5.41, 5.74) is 2.86. The Labute approximate surface area is 181 Å². The maximum absolute atomic E-state index is 10.0. The fourth-order valence-electron chi connectivity index (χ4n) is 4.56. The van der Waals surface area contributed by atoms with Gasteiger partial charge in [-0.2, -0.15) is 9.97 Å². The molecule has 162 valence electrons. The zero-order valence-corrected chi connectivity index (χ0v) is 17.1. The Balaban J connectivity index is 1.23. The molecule has 2 fully saturated rings. The Hall–Kier alpha value is -2.59. The quantitative estimate of drug-likeness (QED) is 0.559. The third-order valence-electron chi connectivity index (χ3n) is 6.06. The lowest BCUT2D eigenvalue weighted by atomic mass is 10.1. The van der Waals surface area contributed by atoms with E-state index in [1.807, 2.05) is 6.07 Å². The molecule has 2 aliphatic heterocycles. The first kappa shape index (κ1) is 19.1. The number of imidazole rings is 1. The third-order valence-corrected chi connectivity index (χ3v) is 6.33. The van der Waals surface area contributed by atoms with Gasteiger partial charge in [-0.3, -0.25) is 0 Å².